The number of aromatic nitrogens is 5. The summed E-state index contributed by atoms with van der Waals surface area (Å²) in [5.41, 5.74) is -3.63. The molecule has 164 valence electrons. The molecule has 0 bridgehead atoms. The largest absolute Gasteiger partial charge is 0.377 e. The molecule has 6 nitrogen and oxygen atoms in total. The highest BCUT2D eigenvalue weighted by Gasteiger charge is 2.57. The molecule has 2 aromatic carbocycles. The molecule has 0 aliphatic carbocycles. The average Bonchev–Trinajstić information content (AvgIpc) is 3.27. The number of alkyl halides is 2. The number of halogens is 5. The van der Waals surface area contributed by atoms with E-state index in [2.05, 4.69) is 20.5 Å². The minimum Gasteiger partial charge on any atom is -0.377 e. The van der Waals surface area contributed by atoms with Gasteiger partial charge in [-0.3, -0.25) is 4.98 Å². The van der Waals surface area contributed by atoms with Gasteiger partial charge in [-0.05, 0) is 46.3 Å². The van der Waals surface area contributed by atoms with Gasteiger partial charge in [0, 0.05) is 28.4 Å². The molecule has 32 heavy (non-hydrogen) atoms. The zero-order valence-electron chi connectivity index (χ0n) is 16.1. The summed E-state index contributed by atoms with van der Waals surface area (Å²) >= 11 is 5.86. The van der Waals surface area contributed by atoms with Gasteiger partial charge in [0.15, 0.2) is 5.60 Å². The van der Waals surface area contributed by atoms with Crippen LogP contribution in [0.15, 0.2) is 67.1 Å². The van der Waals surface area contributed by atoms with E-state index in [0.29, 0.717) is 22.2 Å². The van der Waals surface area contributed by atoms with E-state index >= 15 is 8.78 Å². The Labute approximate surface area is 184 Å². The van der Waals surface area contributed by atoms with E-state index in [1.807, 2.05) is 0 Å². The minimum atomic E-state index is -4.11. The third kappa shape index (κ3) is 3.94. The fourth-order valence-electron chi connectivity index (χ4n) is 3.27. The standard InChI is InChI=1S/C21H14ClF4N5O/c22-15-4-1-13(2-5-15)14-3-8-19(27-10-14)21(25,26)20(32,11-31-12-28-29-30-31)17-7-6-16(23)9-18(17)24/h1-10,12,32H,11H2/t20-/m0/s1. The predicted molar refractivity (Wildman–Crippen MR) is 107 cm³/mol. The number of aliphatic hydroxyl groups is 1. The SMILES string of the molecule is O[C@@](Cn1cnnn1)(c1ccc(F)cc1F)C(F)(F)c1ccc(-c2ccc(Cl)cc2)cn1. The topological polar surface area (TPSA) is 76.7 Å². The second-order valence-corrected chi connectivity index (χ2v) is 7.44. The van der Waals surface area contributed by atoms with E-state index < -0.39 is 41.0 Å². The smallest absolute Gasteiger partial charge is 0.323 e. The molecule has 0 spiro atoms. The molecule has 0 aliphatic heterocycles. The maximum atomic E-state index is 15.7. The van der Waals surface area contributed by atoms with Crippen molar-refractivity contribution in [1.82, 2.24) is 25.2 Å². The fraction of sp³-hybridized carbons (Fsp3) is 0.143. The van der Waals surface area contributed by atoms with Crippen LogP contribution in [0.1, 0.15) is 11.3 Å². The lowest BCUT2D eigenvalue weighted by Crippen LogP contribution is -2.48. The van der Waals surface area contributed by atoms with Crippen LogP contribution in [0, 0.1) is 11.6 Å². The first-order chi connectivity index (χ1) is 15.2. The van der Waals surface area contributed by atoms with Gasteiger partial charge in [-0.25, -0.2) is 13.5 Å². The number of pyridine rings is 1. The normalized spacial score (nSPS) is 13.7. The van der Waals surface area contributed by atoms with Crippen LogP contribution >= 0.6 is 11.6 Å². The Kier molecular flexibility index (Phi) is 5.66. The fourth-order valence-corrected chi connectivity index (χ4v) is 3.40. The molecule has 0 fully saturated rings. The molecular formula is C21H14ClF4N5O. The lowest BCUT2D eigenvalue weighted by atomic mass is 9.84. The van der Waals surface area contributed by atoms with Crippen molar-refractivity contribution in [2.24, 2.45) is 0 Å². The Balaban J connectivity index is 1.78. The molecule has 1 N–H and O–H groups in total. The Morgan fingerprint density at radius 2 is 1.69 bits per heavy atom. The monoisotopic (exact) mass is 463 g/mol. The maximum absolute atomic E-state index is 15.7. The summed E-state index contributed by atoms with van der Waals surface area (Å²) in [5, 5.41) is 21.8. The highest BCUT2D eigenvalue weighted by Crippen LogP contribution is 2.46. The van der Waals surface area contributed by atoms with Gasteiger partial charge in [-0.15, -0.1) is 5.10 Å². The molecule has 0 unspecified atom stereocenters. The number of nitrogens with zero attached hydrogens (tertiary/aromatic N) is 5. The van der Waals surface area contributed by atoms with Crippen molar-refractivity contribution in [2.75, 3.05) is 0 Å². The Morgan fingerprint density at radius 1 is 0.969 bits per heavy atom. The number of hydrogen-bond acceptors (Lipinski definition) is 5. The van der Waals surface area contributed by atoms with Crippen molar-refractivity contribution < 1.29 is 22.7 Å². The Hall–Kier alpha value is -3.37. The van der Waals surface area contributed by atoms with Gasteiger partial charge in [-0.2, -0.15) is 8.78 Å². The van der Waals surface area contributed by atoms with Crippen molar-refractivity contribution in [3.05, 3.63) is 95.0 Å². The zero-order chi connectivity index (χ0) is 22.9. The second-order valence-electron chi connectivity index (χ2n) is 7.01. The van der Waals surface area contributed by atoms with Gasteiger partial charge in [0.25, 0.3) is 0 Å². The predicted octanol–water partition coefficient (Wildman–Crippen LogP) is 4.35. The molecular weight excluding hydrogens is 450 g/mol. The molecule has 1 atom stereocenters. The first-order valence-electron chi connectivity index (χ1n) is 9.20. The third-order valence-corrected chi connectivity index (χ3v) is 5.19. The molecule has 4 rings (SSSR count). The summed E-state index contributed by atoms with van der Waals surface area (Å²) in [6.45, 7) is -0.920. The summed E-state index contributed by atoms with van der Waals surface area (Å²) in [6.07, 6.45) is 2.19. The lowest BCUT2D eigenvalue weighted by Gasteiger charge is -2.35. The first kappa shape index (κ1) is 21.8. The molecule has 2 heterocycles. The van der Waals surface area contributed by atoms with Crippen molar-refractivity contribution in [2.45, 2.75) is 18.1 Å². The van der Waals surface area contributed by atoms with Crippen LogP contribution in [0.3, 0.4) is 0 Å². The molecule has 4 aromatic rings. The van der Waals surface area contributed by atoms with Crippen LogP contribution in [-0.4, -0.2) is 30.3 Å². The van der Waals surface area contributed by atoms with E-state index in [9.17, 15) is 13.9 Å². The molecule has 0 saturated heterocycles. The van der Waals surface area contributed by atoms with Crippen LogP contribution in [0.4, 0.5) is 17.6 Å². The molecule has 0 radical (unpaired) electrons. The summed E-state index contributed by atoms with van der Waals surface area (Å²) < 4.78 is 60.1. The van der Waals surface area contributed by atoms with Crippen molar-refractivity contribution in [3.8, 4) is 11.1 Å². The first-order valence-corrected chi connectivity index (χ1v) is 9.57. The van der Waals surface area contributed by atoms with Crippen LogP contribution in [0.2, 0.25) is 5.02 Å². The van der Waals surface area contributed by atoms with Crippen LogP contribution in [-0.2, 0) is 18.1 Å². The van der Waals surface area contributed by atoms with E-state index in [4.69, 9.17) is 11.6 Å². The Bertz CT molecular complexity index is 1220. The number of hydrogen-bond donors (Lipinski definition) is 1. The van der Waals surface area contributed by atoms with Gasteiger partial charge in [0.2, 0.25) is 0 Å². The van der Waals surface area contributed by atoms with Gasteiger partial charge in [0.1, 0.15) is 23.7 Å². The molecule has 2 aromatic heterocycles. The summed E-state index contributed by atoms with van der Waals surface area (Å²) in [4.78, 5) is 3.82. The quantitative estimate of drug-likeness (QED) is 0.430. The average molecular weight is 464 g/mol. The number of tetrazole rings is 1. The van der Waals surface area contributed by atoms with Gasteiger partial charge in [0.05, 0.1) is 6.54 Å². The molecule has 11 heteroatoms. The van der Waals surface area contributed by atoms with E-state index in [-0.39, 0.29) is 0 Å². The van der Waals surface area contributed by atoms with E-state index in [1.54, 1.807) is 24.3 Å². The molecule has 0 amide bonds. The lowest BCUT2D eigenvalue weighted by molar-refractivity contribution is -0.207. The van der Waals surface area contributed by atoms with Gasteiger partial charge in [-0.1, -0.05) is 29.8 Å². The van der Waals surface area contributed by atoms with E-state index in [0.717, 1.165) is 29.2 Å². The summed E-state index contributed by atoms with van der Waals surface area (Å²) in [7, 11) is 0. The zero-order valence-corrected chi connectivity index (χ0v) is 16.9. The number of rotatable bonds is 6. The third-order valence-electron chi connectivity index (χ3n) is 4.94. The van der Waals surface area contributed by atoms with Gasteiger partial charge < -0.3 is 5.11 Å². The maximum Gasteiger partial charge on any atom is 0.323 e. The van der Waals surface area contributed by atoms with Crippen LogP contribution < -0.4 is 0 Å². The number of benzene rings is 2. The highest BCUT2D eigenvalue weighted by molar-refractivity contribution is 6.30. The second kappa shape index (κ2) is 8.29. The molecule has 0 saturated carbocycles. The molecule has 0 aliphatic rings. The van der Waals surface area contributed by atoms with Crippen LogP contribution in [0.5, 0.6) is 0 Å². The van der Waals surface area contributed by atoms with E-state index in [1.165, 1.54) is 12.3 Å². The highest BCUT2D eigenvalue weighted by atomic mass is 35.5. The minimum absolute atomic E-state index is 0.410. The summed E-state index contributed by atoms with van der Waals surface area (Å²) in [6, 6.07) is 11.0. The Morgan fingerprint density at radius 3 is 2.28 bits per heavy atom. The van der Waals surface area contributed by atoms with Crippen molar-refractivity contribution >= 4 is 11.6 Å². The van der Waals surface area contributed by atoms with Crippen molar-refractivity contribution in [3.63, 3.8) is 0 Å². The van der Waals surface area contributed by atoms with Crippen LogP contribution in [0.25, 0.3) is 11.1 Å². The summed E-state index contributed by atoms with van der Waals surface area (Å²) in [5.74, 6) is -6.45. The van der Waals surface area contributed by atoms with Gasteiger partial charge >= 0.3 is 5.92 Å². The van der Waals surface area contributed by atoms with Crippen molar-refractivity contribution in [1.29, 1.82) is 0 Å².